The Balaban J connectivity index is 2.70. The van der Waals surface area contributed by atoms with Crippen LogP contribution in [0.5, 0.6) is 5.75 Å². The average Bonchev–Trinajstić information content (AvgIpc) is 2.63. The number of rotatable bonds is 2. The molecule has 1 heterocycles. The maximum absolute atomic E-state index is 5.54. The monoisotopic (exact) mass is 177 g/mol. The Morgan fingerprint density at radius 1 is 1.54 bits per heavy atom. The Morgan fingerprint density at radius 3 is 3.08 bits per heavy atom. The number of ether oxygens (including phenoxy) is 1. The van der Waals surface area contributed by atoms with E-state index >= 15 is 0 Å². The number of aromatic nitrogens is 2. The quantitative estimate of drug-likeness (QED) is 0.720. The SMILES string of the molecule is COc1cc(CN)cc2[nH]cnc12. The van der Waals surface area contributed by atoms with Crippen molar-refractivity contribution in [3.63, 3.8) is 0 Å². The maximum Gasteiger partial charge on any atom is 0.147 e. The first kappa shape index (κ1) is 8.07. The van der Waals surface area contributed by atoms with Gasteiger partial charge in [-0.15, -0.1) is 0 Å². The molecule has 4 heteroatoms. The van der Waals surface area contributed by atoms with Crippen molar-refractivity contribution in [2.75, 3.05) is 7.11 Å². The van der Waals surface area contributed by atoms with Gasteiger partial charge in [0.1, 0.15) is 11.3 Å². The normalized spacial score (nSPS) is 10.6. The summed E-state index contributed by atoms with van der Waals surface area (Å²) in [5, 5.41) is 0. The maximum atomic E-state index is 5.54. The highest BCUT2D eigenvalue weighted by atomic mass is 16.5. The Bertz CT molecular complexity index is 422. The Labute approximate surface area is 75.7 Å². The summed E-state index contributed by atoms with van der Waals surface area (Å²) in [4.78, 5) is 7.17. The van der Waals surface area contributed by atoms with Gasteiger partial charge in [-0.05, 0) is 17.7 Å². The zero-order chi connectivity index (χ0) is 9.26. The fourth-order valence-electron chi connectivity index (χ4n) is 1.35. The molecule has 2 rings (SSSR count). The molecule has 0 aliphatic carbocycles. The molecule has 0 saturated carbocycles. The second kappa shape index (κ2) is 3.06. The molecule has 0 saturated heterocycles. The minimum absolute atomic E-state index is 0.505. The zero-order valence-corrected chi connectivity index (χ0v) is 7.37. The first-order valence-corrected chi connectivity index (χ1v) is 4.05. The predicted molar refractivity (Wildman–Crippen MR) is 50.5 cm³/mol. The van der Waals surface area contributed by atoms with Crippen LogP contribution in [0.25, 0.3) is 11.0 Å². The summed E-state index contributed by atoms with van der Waals surface area (Å²) >= 11 is 0. The van der Waals surface area contributed by atoms with E-state index in [9.17, 15) is 0 Å². The van der Waals surface area contributed by atoms with Crippen LogP contribution in [0.1, 0.15) is 5.56 Å². The highest BCUT2D eigenvalue weighted by molar-refractivity contribution is 5.82. The van der Waals surface area contributed by atoms with Crippen molar-refractivity contribution in [2.45, 2.75) is 6.54 Å². The molecule has 68 valence electrons. The lowest BCUT2D eigenvalue weighted by molar-refractivity contribution is 0.418. The van der Waals surface area contributed by atoms with Gasteiger partial charge in [-0.25, -0.2) is 4.98 Å². The summed E-state index contributed by atoms with van der Waals surface area (Å²) in [5.41, 5.74) is 8.38. The highest BCUT2D eigenvalue weighted by Gasteiger charge is 2.05. The van der Waals surface area contributed by atoms with Crippen LogP contribution in [-0.4, -0.2) is 17.1 Å². The molecule has 4 nitrogen and oxygen atoms in total. The van der Waals surface area contributed by atoms with Gasteiger partial charge in [-0.1, -0.05) is 0 Å². The molecule has 0 spiro atoms. The van der Waals surface area contributed by atoms with E-state index in [2.05, 4.69) is 9.97 Å². The van der Waals surface area contributed by atoms with Gasteiger partial charge in [-0.2, -0.15) is 0 Å². The summed E-state index contributed by atoms with van der Waals surface area (Å²) in [5.74, 6) is 0.763. The fourth-order valence-corrected chi connectivity index (χ4v) is 1.35. The third-order valence-corrected chi connectivity index (χ3v) is 2.00. The Morgan fingerprint density at radius 2 is 2.38 bits per heavy atom. The summed E-state index contributed by atoms with van der Waals surface area (Å²) in [6.07, 6.45) is 1.65. The first-order valence-electron chi connectivity index (χ1n) is 4.05. The number of aromatic amines is 1. The molecule has 0 aliphatic rings. The number of nitrogens with two attached hydrogens (primary N) is 1. The molecule has 0 unspecified atom stereocenters. The van der Waals surface area contributed by atoms with E-state index in [4.69, 9.17) is 10.5 Å². The number of fused-ring (bicyclic) bond motifs is 1. The van der Waals surface area contributed by atoms with Crippen molar-refractivity contribution >= 4 is 11.0 Å². The fraction of sp³-hybridized carbons (Fsp3) is 0.222. The summed E-state index contributed by atoms with van der Waals surface area (Å²) in [7, 11) is 1.63. The van der Waals surface area contributed by atoms with Gasteiger partial charge >= 0.3 is 0 Å². The van der Waals surface area contributed by atoms with Gasteiger partial charge in [0.25, 0.3) is 0 Å². The van der Waals surface area contributed by atoms with Crippen LogP contribution in [0.3, 0.4) is 0 Å². The van der Waals surface area contributed by atoms with Gasteiger partial charge in [0, 0.05) is 6.54 Å². The zero-order valence-electron chi connectivity index (χ0n) is 7.37. The lowest BCUT2D eigenvalue weighted by Crippen LogP contribution is -1.97. The second-order valence-corrected chi connectivity index (χ2v) is 2.80. The molecule has 1 aromatic carbocycles. The minimum atomic E-state index is 0.505. The van der Waals surface area contributed by atoms with Gasteiger partial charge in [0.2, 0.25) is 0 Å². The molecule has 0 amide bonds. The molecule has 0 fully saturated rings. The van der Waals surface area contributed by atoms with E-state index in [0.717, 1.165) is 22.3 Å². The second-order valence-electron chi connectivity index (χ2n) is 2.80. The van der Waals surface area contributed by atoms with E-state index in [1.54, 1.807) is 13.4 Å². The number of hydrogen-bond acceptors (Lipinski definition) is 3. The van der Waals surface area contributed by atoms with Crippen molar-refractivity contribution in [3.8, 4) is 5.75 Å². The van der Waals surface area contributed by atoms with Gasteiger partial charge in [0.15, 0.2) is 0 Å². The van der Waals surface area contributed by atoms with Crippen molar-refractivity contribution in [1.82, 2.24) is 9.97 Å². The third-order valence-electron chi connectivity index (χ3n) is 2.00. The molecule has 0 aliphatic heterocycles. The van der Waals surface area contributed by atoms with Crippen molar-refractivity contribution in [3.05, 3.63) is 24.0 Å². The average molecular weight is 177 g/mol. The number of H-pyrrole nitrogens is 1. The standard InChI is InChI=1S/C9H11N3O/c1-13-8-3-6(4-10)2-7-9(8)12-5-11-7/h2-3,5H,4,10H2,1H3,(H,11,12). The molecular weight excluding hydrogens is 166 g/mol. The smallest absolute Gasteiger partial charge is 0.147 e. The number of nitrogens with zero attached hydrogens (tertiary/aromatic N) is 1. The lowest BCUT2D eigenvalue weighted by atomic mass is 10.2. The molecule has 3 N–H and O–H groups in total. The van der Waals surface area contributed by atoms with Crippen LogP contribution in [0.2, 0.25) is 0 Å². The van der Waals surface area contributed by atoms with Crippen LogP contribution in [0.15, 0.2) is 18.5 Å². The van der Waals surface area contributed by atoms with Crippen molar-refractivity contribution < 1.29 is 4.74 Å². The van der Waals surface area contributed by atoms with Crippen molar-refractivity contribution in [2.24, 2.45) is 5.73 Å². The van der Waals surface area contributed by atoms with Crippen LogP contribution in [0.4, 0.5) is 0 Å². The van der Waals surface area contributed by atoms with E-state index in [0.29, 0.717) is 6.54 Å². The van der Waals surface area contributed by atoms with E-state index in [-0.39, 0.29) is 0 Å². The van der Waals surface area contributed by atoms with Crippen LogP contribution < -0.4 is 10.5 Å². The van der Waals surface area contributed by atoms with E-state index in [1.165, 1.54) is 0 Å². The Kier molecular flexibility index (Phi) is 1.90. The molecule has 2 aromatic rings. The molecule has 0 bridgehead atoms. The molecular formula is C9H11N3O. The third kappa shape index (κ3) is 1.25. The number of nitrogens with one attached hydrogen (secondary N) is 1. The molecule has 0 atom stereocenters. The van der Waals surface area contributed by atoms with E-state index < -0.39 is 0 Å². The van der Waals surface area contributed by atoms with E-state index in [1.807, 2.05) is 12.1 Å². The van der Waals surface area contributed by atoms with Gasteiger partial charge in [-0.3, -0.25) is 0 Å². The highest BCUT2D eigenvalue weighted by Crippen LogP contribution is 2.24. The summed E-state index contributed by atoms with van der Waals surface area (Å²) < 4.78 is 5.19. The van der Waals surface area contributed by atoms with Crippen LogP contribution >= 0.6 is 0 Å². The van der Waals surface area contributed by atoms with Crippen molar-refractivity contribution in [1.29, 1.82) is 0 Å². The largest absolute Gasteiger partial charge is 0.494 e. The number of hydrogen-bond donors (Lipinski definition) is 2. The predicted octanol–water partition coefficient (Wildman–Crippen LogP) is 1.03. The number of methoxy groups -OCH3 is 1. The lowest BCUT2D eigenvalue weighted by Gasteiger charge is -2.03. The minimum Gasteiger partial charge on any atom is -0.494 e. The molecule has 0 radical (unpaired) electrons. The van der Waals surface area contributed by atoms with Gasteiger partial charge < -0.3 is 15.5 Å². The van der Waals surface area contributed by atoms with Crippen LogP contribution in [0, 0.1) is 0 Å². The Hall–Kier alpha value is -1.55. The summed E-state index contributed by atoms with van der Waals surface area (Å²) in [6.45, 7) is 0.505. The molecule has 13 heavy (non-hydrogen) atoms. The van der Waals surface area contributed by atoms with Crippen LogP contribution in [-0.2, 0) is 6.54 Å². The number of imidazole rings is 1. The first-order chi connectivity index (χ1) is 6.35. The number of benzene rings is 1. The van der Waals surface area contributed by atoms with Gasteiger partial charge in [0.05, 0.1) is 19.0 Å². The molecule has 1 aromatic heterocycles. The topological polar surface area (TPSA) is 63.9 Å². The summed E-state index contributed by atoms with van der Waals surface area (Å²) in [6, 6.07) is 3.88.